The van der Waals surface area contributed by atoms with Crippen molar-refractivity contribution < 1.29 is 14.3 Å². The highest BCUT2D eigenvalue weighted by Gasteiger charge is 2.34. The summed E-state index contributed by atoms with van der Waals surface area (Å²) in [5.74, 6) is 1.33. The van der Waals surface area contributed by atoms with Gasteiger partial charge in [0.05, 0.1) is 12.2 Å². The number of anilines is 2. The van der Waals surface area contributed by atoms with E-state index in [-0.39, 0.29) is 5.91 Å². The van der Waals surface area contributed by atoms with Gasteiger partial charge < -0.3 is 20.1 Å². The number of aryl methyl sites for hydroxylation is 1. The Labute approximate surface area is 225 Å². The molecule has 1 aromatic heterocycles. The van der Waals surface area contributed by atoms with E-state index in [2.05, 4.69) is 26.2 Å². The molecule has 0 saturated carbocycles. The van der Waals surface area contributed by atoms with Crippen molar-refractivity contribution in [3.63, 3.8) is 0 Å². The summed E-state index contributed by atoms with van der Waals surface area (Å²) in [5.41, 5.74) is 4.70. The van der Waals surface area contributed by atoms with Crippen molar-refractivity contribution in [2.75, 3.05) is 17.2 Å². The van der Waals surface area contributed by atoms with Gasteiger partial charge in [0, 0.05) is 16.4 Å². The van der Waals surface area contributed by atoms with Crippen LogP contribution in [0.2, 0.25) is 5.02 Å². The minimum Gasteiger partial charge on any atom is -0.490 e. The van der Waals surface area contributed by atoms with E-state index in [4.69, 9.17) is 21.1 Å². The van der Waals surface area contributed by atoms with Crippen LogP contribution in [0.3, 0.4) is 0 Å². The van der Waals surface area contributed by atoms with E-state index in [1.807, 2.05) is 87.5 Å². The number of aromatic nitrogens is 4. The lowest BCUT2D eigenvalue weighted by atomic mass is 9.94. The molecule has 2 N–H and O–H groups in total. The van der Waals surface area contributed by atoms with Gasteiger partial charge in [-0.05, 0) is 78.7 Å². The summed E-state index contributed by atoms with van der Waals surface area (Å²) in [6, 6.07) is 20.1. The number of nitrogens with one attached hydrogen (secondary N) is 2. The Bertz CT molecular complexity index is 1480. The average molecular weight is 531 g/mol. The first-order valence-electron chi connectivity index (χ1n) is 12.2. The smallest absolute Gasteiger partial charge is 0.255 e. The summed E-state index contributed by atoms with van der Waals surface area (Å²) in [6.45, 7) is 6.53. The van der Waals surface area contributed by atoms with Crippen molar-refractivity contribution >= 4 is 29.1 Å². The van der Waals surface area contributed by atoms with E-state index < -0.39 is 6.04 Å². The fraction of sp³-hybridized carbons (Fsp3) is 0.214. The van der Waals surface area contributed by atoms with Gasteiger partial charge in [0.1, 0.15) is 12.6 Å². The Kier molecular flexibility index (Phi) is 7.28. The largest absolute Gasteiger partial charge is 0.490 e. The summed E-state index contributed by atoms with van der Waals surface area (Å²) in [4.78, 5) is 13.6. The first-order chi connectivity index (χ1) is 18.4. The maximum Gasteiger partial charge on any atom is 0.255 e. The van der Waals surface area contributed by atoms with Crippen LogP contribution in [0.25, 0.3) is 0 Å². The number of fused-ring (bicyclic) bond motifs is 1. The minimum absolute atomic E-state index is 0.258. The zero-order chi connectivity index (χ0) is 26.6. The van der Waals surface area contributed by atoms with Crippen LogP contribution in [0.1, 0.15) is 36.6 Å². The molecule has 0 spiro atoms. The first kappa shape index (κ1) is 25.3. The van der Waals surface area contributed by atoms with Crippen LogP contribution in [0.4, 0.5) is 11.6 Å². The van der Waals surface area contributed by atoms with Gasteiger partial charge >= 0.3 is 0 Å². The first-order valence-corrected chi connectivity index (χ1v) is 12.6. The van der Waals surface area contributed by atoms with Crippen LogP contribution in [0, 0.1) is 6.92 Å². The molecule has 1 unspecified atom stereocenters. The molecule has 38 heavy (non-hydrogen) atoms. The molecule has 0 saturated heterocycles. The van der Waals surface area contributed by atoms with Crippen LogP contribution in [-0.2, 0) is 11.4 Å². The van der Waals surface area contributed by atoms with Crippen LogP contribution in [0.15, 0.2) is 78.0 Å². The number of nitrogens with zero attached hydrogens (tertiary/aromatic N) is 4. The number of benzene rings is 3. The average Bonchev–Trinajstić information content (AvgIpc) is 3.37. The highest BCUT2D eigenvalue weighted by atomic mass is 35.5. The Balaban J connectivity index is 1.48. The third-order valence-electron chi connectivity index (χ3n) is 6.16. The van der Waals surface area contributed by atoms with Gasteiger partial charge in [-0.3, -0.25) is 4.79 Å². The second kappa shape index (κ2) is 10.9. The number of ether oxygens (including phenoxy) is 2. The van der Waals surface area contributed by atoms with Gasteiger partial charge in [0.15, 0.2) is 11.5 Å². The fourth-order valence-corrected chi connectivity index (χ4v) is 4.40. The van der Waals surface area contributed by atoms with Crippen LogP contribution in [0.5, 0.6) is 11.5 Å². The molecular weight excluding hydrogens is 504 g/mol. The number of hydrogen-bond acceptors (Lipinski definition) is 7. The molecule has 0 aliphatic carbocycles. The number of hydrogen-bond donors (Lipinski definition) is 2. The van der Waals surface area contributed by atoms with E-state index in [9.17, 15) is 4.79 Å². The third-order valence-corrected chi connectivity index (χ3v) is 6.41. The molecule has 0 radical (unpaired) electrons. The van der Waals surface area contributed by atoms with Crippen molar-refractivity contribution in [1.82, 2.24) is 20.2 Å². The quantitative estimate of drug-likeness (QED) is 0.308. The van der Waals surface area contributed by atoms with E-state index in [0.717, 1.165) is 16.7 Å². The lowest BCUT2D eigenvalue weighted by molar-refractivity contribution is -0.113. The summed E-state index contributed by atoms with van der Waals surface area (Å²) < 4.78 is 13.6. The molecule has 2 heterocycles. The molecular formula is C28H27ClN6O3. The van der Waals surface area contributed by atoms with Gasteiger partial charge in [-0.1, -0.05) is 52.6 Å². The predicted octanol–water partition coefficient (Wildman–Crippen LogP) is 5.54. The number of carbonyl (C=O) groups is 1. The second-order valence-corrected chi connectivity index (χ2v) is 9.32. The molecule has 10 heteroatoms. The Hall–Kier alpha value is -4.37. The number of tetrazole rings is 1. The van der Waals surface area contributed by atoms with Gasteiger partial charge in [-0.15, -0.1) is 0 Å². The van der Waals surface area contributed by atoms with E-state index in [1.165, 1.54) is 0 Å². The van der Waals surface area contributed by atoms with Crippen molar-refractivity contribution in [3.8, 4) is 11.5 Å². The van der Waals surface area contributed by atoms with Gasteiger partial charge in [-0.2, -0.15) is 4.68 Å². The molecule has 9 nitrogen and oxygen atoms in total. The summed E-state index contributed by atoms with van der Waals surface area (Å²) in [7, 11) is 0. The lowest BCUT2D eigenvalue weighted by Crippen LogP contribution is -2.31. The van der Waals surface area contributed by atoms with Crippen molar-refractivity contribution in [3.05, 3.63) is 99.7 Å². The van der Waals surface area contributed by atoms with Crippen LogP contribution < -0.4 is 20.1 Å². The monoisotopic (exact) mass is 530 g/mol. The lowest BCUT2D eigenvalue weighted by Gasteiger charge is -2.28. The number of halogens is 1. The molecule has 0 bridgehead atoms. The Morgan fingerprint density at radius 2 is 1.79 bits per heavy atom. The third kappa shape index (κ3) is 5.33. The second-order valence-electron chi connectivity index (χ2n) is 8.89. The van der Waals surface area contributed by atoms with E-state index >= 15 is 0 Å². The van der Waals surface area contributed by atoms with Crippen molar-refractivity contribution in [1.29, 1.82) is 0 Å². The molecule has 3 aromatic carbocycles. The summed E-state index contributed by atoms with van der Waals surface area (Å²) in [5, 5.41) is 18.9. The zero-order valence-electron chi connectivity index (χ0n) is 21.2. The normalized spacial score (nSPS) is 14.5. The number of carbonyl (C=O) groups excluding carboxylic acids is 1. The Morgan fingerprint density at radius 1 is 1.03 bits per heavy atom. The standard InChI is InChI=1S/C28H27ClN6O3/c1-4-37-24-15-20(9-14-23(24)38-16-19-7-10-21(29)11-8-19)26-25(18(3)30-28-32-33-34-35(26)28)27(36)31-22-12-5-17(2)6-13-22/h5-15,26H,4,16H2,1-3H3,(H,31,36)(H,30,32,34). The molecule has 1 aliphatic heterocycles. The topological polar surface area (TPSA) is 103 Å². The molecule has 5 rings (SSSR count). The summed E-state index contributed by atoms with van der Waals surface area (Å²) >= 11 is 6.00. The van der Waals surface area contributed by atoms with Crippen LogP contribution in [-0.4, -0.2) is 32.7 Å². The molecule has 1 amide bonds. The van der Waals surface area contributed by atoms with E-state index in [0.29, 0.717) is 52.6 Å². The van der Waals surface area contributed by atoms with Gasteiger partial charge in [-0.25, -0.2) is 0 Å². The fourth-order valence-electron chi connectivity index (χ4n) is 4.27. The van der Waals surface area contributed by atoms with Gasteiger partial charge in [0.2, 0.25) is 5.95 Å². The molecule has 0 fully saturated rings. The maximum absolute atomic E-state index is 13.6. The molecule has 194 valence electrons. The van der Waals surface area contributed by atoms with Crippen molar-refractivity contribution in [2.45, 2.75) is 33.4 Å². The number of amides is 1. The SMILES string of the molecule is CCOc1cc(C2C(C(=O)Nc3ccc(C)cc3)=C(C)Nc3nnnn32)ccc1OCc1ccc(Cl)cc1. The highest BCUT2D eigenvalue weighted by molar-refractivity contribution is 6.30. The maximum atomic E-state index is 13.6. The van der Waals surface area contributed by atoms with Crippen LogP contribution >= 0.6 is 11.6 Å². The molecule has 1 aliphatic rings. The zero-order valence-corrected chi connectivity index (χ0v) is 22.0. The number of allylic oxidation sites excluding steroid dienone is 1. The predicted molar refractivity (Wildman–Crippen MR) is 145 cm³/mol. The van der Waals surface area contributed by atoms with Gasteiger partial charge in [0.25, 0.3) is 5.91 Å². The number of rotatable bonds is 8. The molecule has 1 atom stereocenters. The Morgan fingerprint density at radius 3 is 2.53 bits per heavy atom. The molecule has 4 aromatic rings. The van der Waals surface area contributed by atoms with Crippen molar-refractivity contribution in [2.24, 2.45) is 0 Å². The summed E-state index contributed by atoms with van der Waals surface area (Å²) in [6.07, 6.45) is 0. The highest BCUT2D eigenvalue weighted by Crippen LogP contribution is 2.39. The van der Waals surface area contributed by atoms with E-state index in [1.54, 1.807) is 4.68 Å². The minimum atomic E-state index is -0.587.